The number of para-hydroxylation sites is 2. The molecule has 5 aromatic rings. The molecule has 176 valence electrons. The van der Waals surface area contributed by atoms with Gasteiger partial charge in [0.1, 0.15) is 17.4 Å². The molecule has 35 heavy (non-hydrogen) atoms. The Balaban J connectivity index is 1.38. The highest BCUT2D eigenvalue weighted by molar-refractivity contribution is 6.02. The summed E-state index contributed by atoms with van der Waals surface area (Å²) in [7, 11) is 2.05. The van der Waals surface area contributed by atoms with E-state index in [0.717, 1.165) is 35.7 Å². The van der Waals surface area contributed by atoms with Crippen molar-refractivity contribution in [1.29, 1.82) is 0 Å². The number of aryl methyl sites for hydroxylation is 1. The Hall–Kier alpha value is -4.40. The number of pyridine rings is 1. The zero-order valence-corrected chi connectivity index (χ0v) is 19.5. The summed E-state index contributed by atoms with van der Waals surface area (Å²) in [5.41, 5.74) is 3.88. The SMILES string of the molecule is CCc1cccc(-n2c(=O)c3c[nH]nc3c3cnc(NCC4CN(C)c5ccccc5O4)nc32)c1. The number of fused-ring (bicyclic) bond motifs is 4. The van der Waals surface area contributed by atoms with Gasteiger partial charge in [-0.25, -0.2) is 4.98 Å². The molecule has 0 bridgehead atoms. The monoisotopic (exact) mass is 467 g/mol. The van der Waals surface area contributed by atoms with Crippen molar-refractivity contribution < 1.29 is 4.74 Å². The smallest absolute Gasteiger partial charge is 0.267 e. The van der Waals surface area contributed by atoms with Gasteiger partial charge < -0.3 is 15.0 Å². The van der Waals surface area contributed by atoms with E-state index in [1.54, 1.807) is 17.0 Å². The Morgan fingerprint density at radius 3 is 2.94 bits per heavy atom. The quantitative estimate of drug-likeness (QED) is 0.408. The zero-order valence-electron chi connectivity index (χ0n) is 19.5. The Kier molecular flexibility index (Phi) is 5.09. The number of aromatic nitrogens is 5. The molecule has 1 aliphatic heterocycles. The molecule has 3 aromatic heterocycles. The second-order valence-electron chi connectivity index (χ2n) is 8.71. The third-order valence-electron chi connectivity index (χ3n) is 6.42. The van der Waals surface area contributed by atoms with Crippen LogP contribution in [-0.2, 0) is 6.42 Å². The summed E-state index contributed by atoms with van der Waals surface area (Å²) in [6, 6.07) is 15.9. The van der Waals surface area contributed by atoms with Crippen LogP contribution in [0.25, 0.3) is 27.6 Å². The average molecular weight is 468 g/mol. The molecule has 4 heterocycles. The van der Waals surface area contributed by atoms with Crippen molar-refractivity contribution in [1.82, 2.24) is 24.7 Å². The van der Waals surface area contributed by atoms with E-state index in [2.05, 4.69) is 45.4 Å². The molecule has 9 nitrogen and oxygen atoms in total. The summed E-state index contributed by atoms with van der Waals surface area (Å²) < 4.78 is 7.81. The number of likely N-dealkylation sites (N-methyl/N-ethyl adjacent to an activating group) is 1. The minimum Gasteiger partial charge on any atom is -0.485 e. The highest BCUT2D eigenvalue weighted by Gasteiger charge is 2.23. The molecule has 0 aliphatic carbocycles. The number of ether oxygens (including phenoxy) is 1. The minimum absolute atomic E-state index is 0.0774. The fourth-order valence-corrected chi connectivity index (χ4v) is 4.63. The van der Waals surface area contributed by atoms with Gasteiger partial charge in [-0.2, -0.15) is 10.1 Å². The Labute approximate surface area is 201 Å². The molecule has 1 unspecified atom stereocenters. The average Bonchev–Trinajstić information content (AvgIpc) is 3.38. The number of anilines is 2. The fraction of sp³-hybridized carbons (Fsp3) is 0.231. The van der Waals surface area contributed by atoms with Crippen LogP contribution in [-0.4, -0.2) is 51.0 Å². The zero-order chi connectivity index (χ0) is 23.9. The van der Waals surface area contributed by atoms with E-state index in [1.165, 1.54) is 0 Å². The molecule has 0 saturated heterocycles. The largest absolute Gasteiger partial charge is 0.485 e. The number of benzene rings is 2. The van der Waals surface area contributed by atoms with Gasteiger partial charge in [0.25, 0.3) is 5.56 Å². The molecule has 0 spiro atoms. The normalized spacial score (nSPS) is 15.3. The molecular formula is C26H25N7O2. The Morgan fingerprint density at radius 2 is 2.06 bits per heavy atom. The highest BCUT2D eigenvalue weighted by Crippen LogP contribution is 2.32. The van der Waals surface area contributed by atoms with E-state index in [4.69, 9.17) is 9.72 Å². The molecule has 9 heteroatoms. The van der Waals surface area contributed by atoms with E-state index < -0.39 is 0 Å². The third-order valence-corrected chi connectivity index (χ3v) is 6.42. The maximum atomic E-state index is 13.5. The molecule has 2 aromatic carbocycles. The van der Waals surface area contributed by atoms with Crippen LogP contribution < -0.4 is 20.5 Å². The van der Waals surface area contributed by atoms with Gasteiger partial charge in [0.2, 0.25) is 5.95 Å². The van der Waals surface area contributed by atoms with Gasteiger partial charge in [-0.3, -0.25) is 14.5 Å². The highest BCUT2D eigenvalue weighted by atomic mass is 16.5. The molecule has 6 rings (SSSR count). The maximum absolute atomic E-state index is 13.5. The molecule has 2 N–H and O–H groups in total. The fourth-order valence-electron chi connectivity index (χ4n) is 4.63. The third kappa shape index (κ3) is 3.65. The molecule has 0 saturated carbocycles. The summed E-state index contributed by atoms with van der Waals surface area (Å²) >= 11 is 0. The molecule has 1 aliphatic rings. The molecule has 0 radical (unpaired) electrons. The van der Waals surface area contributed by atoms with Crippen LogP contribution in [0.4, 0.5) is 11.6 Å². The predicted molar refractivity (Wildman–Crippen MR) is 137 cm³/mol. The lowest BCUT2D eigenvalue weighted by Gasteiger charge is -2.33. The maximum Gasteiger partial charge on any atom is 0.267 e. The van der Waals surface area contributed by atoms with E-state index >= 15 is 0 Å². The summed E-state index contributed by atoms with van der Waals surface area (Å²) in [6.07, 6.45) is 4.13. The van der Waals surface area contributed by atoms with Gasteiger partial charge in [-0.15, -0.1) is 0 Å². The van der Waals surface area contributed by atoms with Gasteiger partial charge in [0.15, 0.2) is 5.65 Å². The number of H-pyrrole nitrogens is 1. The first-order valence-corrected chi connectivity index (χ1v) is 11.7. The lowest BCUT2D eigenvalue weighted by Crippen LogP contribution is -2.41. The van der Waals surface area contributed by atoms with E-state index in [9.17, 15) is 4.79 Å². The van der Waals surface area contributed by atoms with Crippen LogP contribution in [0.3, 0.4) is 0 Å². The number of nitrogens with zero attached hydrogens (tertiary/aromatic N) is 5. The van der Waals surface area contributed by atoms with E-state index in [1.807, 2.05) is 42.5 Å². The van der Waals surface area contributed by atoms with E-state index in [0.29, 0.717) is 34.4 Å². The molecular weight excluding hydrogens is 442 g/mol. The molecule has 0 fully saturated rings. The van der Waals surface area contributed by atoms with Crippen LogP contribution in [0, 0.1) is 0 Å². The minimum atomic E-state index is -0.173. The van der Waals surface area contributed by atoms with Gasteiger partial charge in [-0.1, -0.05) is 31.2 Å². The van der Waals surface area contributed by atoms with Crippen molar-refractivity contribution in [3.63, 3.8) is 0 Å². The summed E-state index contributed by atoms with van der Waals surface area (Å²) in [5, 5.41) is 11.6. The van der Waals surface area contributed by atoms with Crippen molar-refractivity contribution in [2.75, 3.05) is 30.4 Å². The second-order valence-corrected chi connectivity index (χ2v) is 8.71. The van der Waals surface area contributed by atoms with Crippen LogP contribution in [0.2, 0.25) is 0 Å². The Bertz CT molecular complexity index is 1610. The summed E-state index contributed by atoms with van der Waals surface area (Å²) in [4.78, 5) is 24.9. The number of hydrogen-bond acceptors (Lipinski definition) is 7. The predicted octanol–water partition coefficient (Wildman–Crippen LogP) is 3.53. The number of rotatable bonds is 5. The standard InChI is InChI=1S/C26H25N7O2/c1-3-16-7-6-8-17(11-16)33-24-19(23-20(25(33)34)14-29-31-23)13-28-26(30-24)27-12-18-15-32(2)21-9-4-5-10-22(21)35-18/h4-11,13-14,18H,3,12,15H2,1-2H3,(H,29,31)(H,27,28,30). The topological polar surface area (TPSA) is 101 Å². The van der Waals surface area contributed by atoms with Crippen molar-refractivity contribution in [2.45, 2.75) is 19.4 Å². The first kappa shape index (κ1) is 21.2. The summed E-state index contributed by atoms with van der Waals surface area (Å²) in [6.45, 7) is 3.34. The summed E-state index contributed by atoms with van der Waals surface area (Å²) in [5.74, 6) is 1.29. The van der Waals surface area contributed by atoms with Gasteiger partial charge in [0.05, 0.1) is 35.2 Å². The lowest BCUT2D eigenvalue weighted by atomic mass is 10.1. The molecule has 1 atom stereocenters. The number of hydrogen-bond donors (Lipinski definition) is 2. The van der Waals surface area contributed by atoms with Gasteiger partial charge in [-0.05, 0) is 36.2 Å². The lowest BCUT2D eigenvalue weighted by molar-refractivity contribution is 0.208. The van der Waals surface area contributed by atoms with Crippen LogP contribution in [0.1, 0.15) is 12.5 Å². The van der Waals surface area contributed by atoms with Crippen molar-refractivity contribution in [3.8, 4) is 11.4 Å². The van der Waals surface area contributed by atoms with Crippen molar-refractivity contribution >= 4 is 33.6 Å². The van der Waals surface area contributed by atoms with Crippen LogP contribution in [0.15, 0.2) is 65.7 Å². The van der Waals surface area contributed by atoms with Crippen LogP contribution in [0.5, 0.6) is 5.75 Å². The van der Waals surface area contributed by atoms with Gasteiger partial charge >= 0.3 is 0 Å². The van der Waals surface area contributed by atoms with Gasteiger partial charge in [0, 0.05) is 19.4 Å². The van der Waals surface area contributed by atoms with E-state index in [-0.39, 0.29) is 11.7 Å². The second kappa shape index (κ2) is 8.43. The Morgan fingerprint density at radius 1 is 1.17 bits per heavy atom. The van der Waals surface area contributed by atoms with Crippen LogP contribution >= 0.6 is 0 Å². The number of aromatic amines is 1. The van der Waals surface area contributed by atoms with Crippen molar-refractivity contribution in [3.05, 3.63) is 76.8 Å². The number of nitrogens with one attached hydrogen (secondary N) is 2. The first-order valence-electron chi connectivity index (χ1n) is 11.7. The van der Waals surface area contributed by atoms with Crippen molar-refractivity contribution in [2.24, 2.45) is 0 Å². The molecule has 0 amide bonds. The first-order chi connectivity index (χ1) is 17.1.